The Kier molecular flexibility index (Phi) is 4.24. The Labute approximate surface area is 113 Å². The van der Waals surface area contributed by atoms with E-state index in [1.807, 2.05) is 26.8 Å². The van der Waals surface area contributed by atoms with E-state index in [4.69, 9.17) is 10.5 Å². The van der Waals surface area contributed by atoms with Gasteiger partial charge in [-0.2, -0.15) is 0 Å². The lowest BCUT2D eigenvalue weighted by Crippen LogP contribution is -2.49. The molecule has 1 aliphatic heterocycles. The van der Waals surface area contributed by atoms with E-state index in [1.165, 1.54) is 0 Å². The van der Waals surface area contributed by atoms with Crippen molar-refractivity contribution in [3.05, 3.63) is 17.3 Å². The molecule has 0 spiro atoms. The van der Waals surface area contributed by atoms with Gasteiger partial charge >= 0.3 is 0 Å². The topological polar surface area (TPSA) is 51.4 Å². The lowest BCUT2D eigenvalue weighted by molar-refractivity contribution is 0.0667. The summed E-state index contributed by atoms with van der Waals surface area (Å²) in [7, 11) is 0. The molecule has 1 aliphatic rings. The zero-order valence-electron chi connectivity index (χ0n) is 11.8. The number of rotatable bonds is 5. The minimum Gasteiger partial charge on any atom is -0.473 e. The third-order valence-electron chi connectivity index (χ3n) is 3.24. The Balaban J connectivity index is 2.02. The molecule has 0 amide bonds. The number of nitrogens with zero attached hydrogens (tertiary/aromatic N) is 2. The van der Waals surface area contributed by atoms with Crippen LogP contribution >= 0.6 is 0 Å². The summed E-state index contributed by atoms with van der Waals surface area (Å²) in [6.45, 7) is 7.81. The molecule has 0 saturated carbocycles. The molecule has 1 fully saturated rings. The van der Waals surface area contributed by atoms with Crippen molar-refractivity contribution in [2.24, 2.45) is 0 Å². The Morgan fingerprint density at radius 3 is 2.79 bits per heavy atom. The summed E-state index contributed by atoms with van der Waals surface area (Å²) in [4.78, 5) is 6.58. The Bertz CT molecular complexity index is 445. The number of alkyl halides is 1. The van der Waals surface area contributed by atoms with Crippen LogP contribution in [0, 0.1) is 6.92 Å². The van der Waals surface area contributed by atoms with Crippen molar-refractivity contribution >= 4 is 5.69 Å². The molecule has 4 nitrogen and oxygen atoms in total. The highest BCUT2D eigenvalue weighted by molar-refractivity contribution is 5.51. The number of ether oxygens (including phenoxy) is 1. The quantitative estimate of drug-likeness (QED) is 0.886. The number of hydrogen-bond acceptors (Lipinski definition) is 4. The largest absolute Gasteiger partial charge is 0.473 e. The maximum absolute atomic E-state index is 12.7. The molecule has 0 aromatic carbocycles. The lowest BCUT2D eigenvalue weighted by atomic mass is 10.1. The molecule has 5 heteroatoms. The van der Waals surface area contributed by atoms with Gasteiger partial charge in [0, 0.05) is 31.7 Å². The first kappa shape index (κ1) is 14.1. The van der Waals surface area contributed by atoms with Crippen LogP contribution in [0.4, 0.5) is 10.1 Å². The molecular formula is C14H22FN3O. The van der Waals surface area contributed by atoms with Crippen LogP contribution in [0.2, 0.25) is 0 Å². The number of halogens is 1. The fourth-order valence-corrected chi connectivity index (χ4v) is 2.18. The maximum Gasteiger partial charge on any atom is 0.237 e. The summed E-state index contributed by atoms with van der Waals surface area (Å²) in [5, 5.41) is 0. The van der Waals surface area contributed by atoms with Gasteiger partial charge < -0.3 is 10.5 Å². The molecule has 0 unspecified atom stereocenters. The first-order valence-corrected chi connectivity index (χ1v) is 6.74. The summed E-state index contributed by atoms with van der Waals surface area (Å²) >= 11 is 0. The average Bonchev–Trinajstić information content (AvgIpc) is 2.27. The van der Waals surface area contributed by atoms with Gasteiger partial charge in [-0.05, 0) is 32.4 Å². The van der Waals surface area contributed by atoms with Crippen LogP contribution in [-0.4, -0.2) is 41.8 Å². The van der Waals surface area contributed by atoms with Crippen LogP contribution in [-0.2, 0) is 6.42 Å². The van der Waals surface area contributed by atoms with Gasteiger partial charge in [-0.15, -0.1) is 0 Å². The first-order valence-electron chi connectivity index (χ1n) is 6.74. The highest BCUT2D eigenvalue weighted by atomic mass is 19.1. The van der Waals surface area contributed by atoms with Crippen molar-refractivity contribution in [1.29, 1.82) is 0 Å². The molecule has 106 valence electrons. The fraction of sp³-hybridized carbons (Fsp3) is 0.643. The van der Waals surface area contributed by atoms with E-state index < -0.39 is 6.17 Å². The highest BCUT2D eigenvalue weighted by Crippen LogP contribution is 2.23. The van der Waals surface area contributed by atoms with Crippen LogP contribution in [0.3, 0.4) is 0 Å². The molecule has 0 aliphatic carbocycles. The molecule has 0 atom stereocenters. The van der Waals surface area contributed by atoms with Gasteiger partial charge in [0.1, 0.15) is 6.17 Å². The van der Waals surface area contributed by atoms with Gasteiger partial charge in [0.2, 0.25) is 5.88 Å². The molecule has 1 saturated heterocycles. The SMILES string of the molecule is Cc1cc(N)c(OC(C)C)nc1CCN1CC(F)C1. The molecule has 2 rings (SSSR count). The molecule has 19 heavy (non-hydrogen) atoms. The smallest absolute Gasteiger partial charge is 0.237 e. The van der Waals surface area contributed by atoms with Crippen molar-refractivity contribution in [2.75, 3.05) is 25.4 Å². The summed E-state index contributed by atoms with van der Waals surface area (Å²) in [5.74, 6) is 0.502. The van der Waals surface area contributed by atoms with Gasteiger partial charge in [-0.1, -0.05) is 0 Å². The number of likely N-dealkylation sites (tertiary alicyclic amines) is 1. The third-order valence-corrected chi connectivity index (χ3v) is 3.24. The average molecular weight is 267 g/mol. The Morgan fingerprint density at radius 2 is 2.21 bits per heavy atom. The van der Waals surface area contributed by atoms with E-state index in [9.17, 15) is 4.39 Å². The number of aryl methyl sites for hydroxylation is 1. The van der Waals surface area contributed by atoms with E-state index >= 15 is 0 Å². The van der Waals surface area contributed by atoms with Gasteiger partial charge in [-0.25, -0.2) is 9.37 Å². The second kappa shape index (κ2) is 5.74. The van der Waals surface area contributed by atoms with E-state index in [1.54, 1.807) is 0 Å². The third kappa shape index (κ3) is 3.56. The zero-order chi connectivity index (χ0) is 14.0. The predicted molar refractivity (Wildman–Crippen MR) is 74.2 cm³/mol. The van der Waals surface area contributed by atoms with E-state index in [-0.39, 0.29) is 6.10 Å². The second-order valence-electron chi connectivity index (χ2n) is 5.42. The van der Waals surface area contributed by atoms with Crippen molar-refractivity contribution in [3.8, 4) is 5.88 Å². The monoisotopic (exact) mass is 267 g/mol. The Morgan fingerprint density at radius 1 is 1.53 bits per heavy atom. The van der Waals surface area contributed by atoms with Crippen LogP contribution in [0.15, 0.2) is 6.07 Å². The van der Waals surface area contributed by atoms with Crippen LogP contribution in [0.1, 0.15) is 25.1 Å². The molecule has 1 aromatic rings. The zero-order valence-corrected chi connectivity index (χ0v) is 11.8. The number of anilines is 1. The predicted octanol–water partition coefficient (Wildman–Crippen LogP) is 1.96. The molecular weight excluding hydrogens is 245 g/mol. The first-order chi connectivity index (χ1) is 8.95. The van der Waals surface area contributed by atoms with E-state index in [0.29, 0.717) is 24.7 Å². The molecule has 2 heterocycles. The normalized spacial score (nSPS) is 16.7. The molecule has 1 aromatic heterocycles. The maximum atomic E-state index is 12.7. The summed E-state index contributed by atoms with van der Waals surface area (Å²) < 4.78 is 18.3. The van der Waals surface area contributed by atoms with Crippen molar-refractivity contribution < 1.29 is 9.13 Å². The van der Waals surface area contributed by atoms with Gasteiger partial charge in [0.25, 0.3) is 0 Å². The highest BCUT2D eigenvalue weighted by Gasteiger charge is 2.25. The van der Waals surface area contributed by atoms with Crippen LogP contribution in [0.25, 0.3) is 0 Å². The van der Waals surface area contributed by atoms with E-state index in [0.717, 1.165) is 24.2 Å². The minimum absolute atomic E-state index is 0.0491. The Hall–Kier alpha value is -1.36. The number of nitrogens with two attached hydrogens (primary N) is 1. The van der Waals surface area contributed by atoms with Crippen LogP contribution < -0.4 is 10.5 Å². The fourth-order valence-electron chi connectivity index (χ4n) is 2.18. The number of aromatic nitrogens is 1. The second-order valence-corrected chi connectivity index (χ2v) is 5.42. The van der Waals surface area contributed by atoms with Gasteiger partial charge in [0.05, 0.1) is 11.8 Å². The van der Waals surface area contributed by atoms with Crippen molar-refractivity contribution in [2.45, 2.75) is 39.5 Å². The van der Waals surface area contributed by atoms with Gasteiger partial charge in [-0.3, -0.25) is 4.90 Å². The van der Waals surface area contributed by atoms with Gasteiger partial charge in [0.15, 0.2) is 0 Å². The summed E-state index contributed by atoms with van der Waals surface area (Å²) in [6.07, 6.45) is 0.196. The molecule has 0 radical (unpaired) electrons. The number of hydrogen-bond donors (Lipinski definition) is 1. The number of pyridine rings is 1. The number of nitrogen functional groups attached to an aromatic ring is 1. The van der Waals surface area contributed by atoms with E-state index in [2.05, 4.69) is 9.88 Å². The lowest BCUT2D eigenvalue weighted by Gasteiger charge is -2.34. The standard InChI is InChI=1S/C14H22FN3O/c1-9(2)19-14-12(16)6-10(3)13(17-14)4-5-18-7-11(15)8-18/h6,9,11H,4-5,7-8,16H2,1-3H3. The van der Waals surface area contributed by atoms with Crippen LogP contribution in [0.5, 0.6) is 5.88 Å². The van der Waals surface area contributed by atoms with Crippen molar-refractivity contribution in [1.82, 2.24) is 9.88 Å². The summed E-state index contributed by atoms with van der Waals surface area (Å²) in [5.41, 5.74) is 8.51. The van der Waals surface area contributed by atoms with Crippen molar-refractivity contribution in [3.63, 3.8) is 0 Å². The minimum atomic E-state index is -0.652. The molecule has 0 bridgehead atoms. The summed E-state index contributed by atoms with van der Waals surface area (Å²) in [6, 6.07) is 1.90. The molecule has 2 N–H and O–H groups in total.